The van der Waals surface area contributed by atoms with Crippen molar-refractivity contribution in [3.63, 3.8) is 0 Å². The molecule has 0 atom stereocenters. The Balaban J connectivity index is 2.07. The third-order valence-electron chi connectivity index (χ3n) is 2.72. The van der Waals surface area contributed by atoms with Gasteiger partial charge in [0.15, 0.2) is 0 Å². The Hall–Kier alpha value is -1.77. The van der Waals surface area contributed by atoms with Crippen molar-refractivity contribution in [2.45, 2.75) is 18.8 Å². The van der Waals surface area contributed by atoms with Crippen LogP contribution in [0.2, 0.25) is 0 Å². The molecule has 0 amide bonds. The molecule has 15 heavy (non-hydrogen) atoms. The van der Waals surface area contributed by atoms with E-state index in [0.29, 0.717) is 11.7 Å². The predicted molar refractivity (Wildman–Crippen MR) is 57.2 cm³/mol. The molecule has 1 fully saturated rings. The van der Waals surface area contributed by atoms with Gasteiger partial charge in [0.05, 0.1) is 5.69 Å². The van der Waals surface area contributed by atoms with Crippen LogP contribution in [0, 0.1) is 0 Å². The third kappa shape index (κ3) is 1.50. The lowest BCUT2D eigenvalue weighted by Gasteiger charge is -2.06. The largest absolute Gasteiger partial charge is 0.508 e. The van der Waals surface area contributed by atoms with E-state index in [1.54, 1.807) is 12.1 Å². The normalized spacial score (nSPS) is 15.5. The Morgan fingerprint density at radius 2 is 2.20 bits per heavy atom. The number of hydrogen-bond acceptors (Lipinski definition) is 2. The minimum Gasteiger partial charge on any atom is -0.508 e. The van der Waals surface area contributed by atoms with Crippen molar-refractivity contribution >= 4 is 0 Å². The molecule has 3 rings (SSSR count). The van der Waals surface area contributed by atoms with Crippen molar-refractivity contribution < 1.29 is 5.11 Å². The molecule has 3 heteroatoms. The van der Waals surface area contributed by atoms with Crippen LogP contribution in [0.3, 0.4) is 0 Å². The molecule has 1 aromatic heterocycles. The molecule has 3 nitrogen and oxygen atoms in total. The highest BCUT2D eigenvalue weighted by Gasteiger charge is 2.28. The average molecular weight is 200 g/mol. The number of imidazole rings is 1. The van der Waals surface area contributed by atoms with Crippen LogP contribution in [0.4, 0.5) is 0 Å². The van der Waals surface area contributed by atoms with Crippen LogP contribution in [0.5, 0.6) is 5.75 Å². The lowest BCUT2D eigenvalue weighted by molar-refractivity contribution is 0.475. The molecule has 2 aromatic rings. The first kappa shape index (κ1) is 8.53. The monoisotopic (exact) mass is 200 g/mol. The first-order valence-electron chi connectivity index (χ1n) is 5.17. The van der Waals surface area contributed by atoms with E-state index in [4.69, 9.17) is 0 Å². The minimum atomic E-state index is 0.294. The maximum absolute atomic E-state index is 9.42. The van der Waals surface area contributed by atoms with Crippen molar-refractivity contribution in [2.75, 3.05) is 0 Å². The van der Waals surface area contributed by atoms with E-state index < -0.39 is 0 Å². The second-order valence-electron chi connectivity index (χ2n) is 3.95. The number of benzene rings is 1. The molecule has 0 spiro atoms. The number of phenolic OH excluding ortho intramolecular Hbond substituents is 1. The summed E-state index contributed by atoms with van der Waals surface area (Å²) in [5.74, 6) is 2.02. The molecule has 1 saturated carbocycles. The lowest BCUT2D eigenvalue weighted by Crippen LogP contribution is -1.98. The Morgan fingerprint density at radius 1 is 1.33 bits per heavy atom. The lowest BCUT2D eigenvalue weighted by atomic mass is 10.3. The van der Waals surface area contributed by atoms with Gasteiger partial charge in [-0.15, -0.1) is 0 Å². The highest BCUT2D eigenvalue weighted by molar-refractivity contribution is 5.40. The SMILES string of the molecule is Oc1cccc(-n2ccnc2C2CC2)c1. The van der Waals surface area contributed by atoms with Crippen molar-refractivity contribution in [3.05, 3.63) is 42.5 Å². The Morgan fingerprint density at radius 3 is 2.93 bits per heavy atom. The van der Waals surface area contributed by atoms with Crippen molar-refractivity contribution in [1.82, 2.24) is 9.55 Å². The van der Waals surface area contributed by atoms with Gasteiger partial charge in [-0.3, -0.25) is 0 Å². The fourth-order valence-electron chi connectivity index (χ4n) is 1.82. The molecule has 1 N–H and O–H groups in total. The highest BCUT2D eigenvalue weighted by Crippen LogP contribution is 2.39. The number of aromatic hydroxyl groups is 1. The number of nitrogens with zero attached hydrogens (tertiary/aromatic N) is 2. The van der Waals surface area contributed by atoms with Gasteiger partial charge in [-0.05, 0) is 25.0 Å². The van der Waals surface area contributed by atoms with Gasteiger partial charge in [0, 0.05) is 24.4 Å². The van der Waals surface area contributed by atoms with Crippen molar-refractivity contribution in [3.8, 4) is 11.4 Å². The Bertz CT molecular complexity index is 486. The second-order valence-corrected chi connectivity index (χ2v) is 3.95. The topological polar surface area (TPSA) is 38.0 Å². The summed E-state index contributed by atoms with van der Waals surface area (Å²) in [4.78, 5) is 4.37. The van der Waals surface area contributed by atoms with E-state index in [9.17, 15) is 5.11 Å². The summed E-state index contributed by atoms with van der Waals surface area (Å²) in [6.45, 7) is 0. The van der Waals surface area contributed by atoms with Gasteiger partial charge in [-0.25, -0.2) is 4.98 Å². The van der Waals surface area contributed by atoms with E-state index in [1.807, 2.05) is 24.5 Å². The number of aromatic nitrogens is 2. The Labute approximate surface area is 88.0 Å². The van der Waals surface area contributed by atoms with Crippen LogP contribution in [-0.2, 0) is 0 Å². The number of phenols is 1. The fraction of sp³-hybridized carbons (Fsp3) is 0.250. The molecule has 1 aliphatic rings. The molecule has 1 aromatic carbocycles. The summed E-state index contributed by atoms with van der Waals surface area (Å²) in [6, 6.07) is 7.26. The minimum absolute atomic E-state index is 0.294. The van der Waals surface area contributed by atoms with Crippen LogP contribution < -0.4 is 0 Å². The number of rotatable bonds is 2. The van der Waals surface area contributed by atoms with Crippen LogP contribution in [-0.4, -0.2) is 14.7 Å². The molecule has 0 bridgehead atoms. The van der Waals surface area contributed by atoms with Crippen LogP contribution >= 0.6 is 0 Å². The van der Waals surface area contributed by atoms with Crippen LogP contribution in [0.1, 0.15) is 24.6 Å². The number of hydrogen-bond donors (Lipinski definition) is 1. The predicted octanol–water partition coefficient (Wildman–Crippen LogP) is 2.46. The first-order valence-corrected chi connectivity index (χ1v) is 5.17. The summed E-state index contributed by atoms with van der Waals surface area (Å²) in [5.41, 5.74) is 0.981. The van der Waals surface area contributed by atoms with Crippen LogP contribution in [0.25, 0.3) is 5.69 Å². The zero-order valence-electron chi connectivity index (χ0n) is 8.30. The van der Waals surface area contributed by atoms with E-state index in [1.165, 1.54) is 12.8 Å². The van der Waals surface area contributed by atoms with Gasteiger partial charge in [0.25, 0.3) is 0 Å². The van der Waals surface area contributed by atoms with E-state index >= 15 is 0 Å². The van der Waals surface area contributed by atoms with Gasteiger partial charge >= 0.3 is 0 Å². The van der Waals surface area contributed by atoms with Gasteiger partial charge in [0.2, 0.25) is 0 Å². The molecule has 0 radical (unpaired) electrons. The van der Waals surface area contributed by atoms with E-state index in [0.717, 1.165) is 11.5 Å². The standard InChI is InChI=1S/C12H12N2O/c15-11-3-1-2-10(8-11)14-7-6-13-12(14)9-4-5-9/h1-3,6-9,15H,4-5H2. The van der Waals surface area contributed by atoms with Gasteiger partial charge < -0.3 is 9.67 Å². The van der Waals surface area contributed by atoms with Gasteiger partial charge in [0.1, 0.15) is 11.6 Å². The molecular weight excluding hydrogens is 188 g/mol. The first-order chi connectivity index (χ1) is 7.34. The summed E-state index contributed by atoms with van der Waals surface area (Å²) in [7, 11) is 0. The summed E-state index contributed by atoms with van der Waals surface area (Å²) in [5, 5.41) is 9.42. The highest BCUT2D eigenvalue weighted by atomic mass is 16.3. The average Bonchev–Trinajstić information content (AvgIpc) is 2.96. The van der Waals surface area contributed by atoms with Crippen molar-refractivity contribution in [1.29, 1.82) is 0 Å². The molecule has 0 saturated heterocycles. The van der Waals surface area contributed by atoms with Gasteiger partial charge in [-0.2, -0.15) is 0 Å². The third-order valence-corrected chi connectivity index (χ3v) is 2.72. The summed E-state index contributed by atoms with van der Waals surface area (Å²) in [6.07, 6.45) is 6.23. The molecule has 0 unspecified atom stereocenters. The molecule has 1 heterocycles. The summed E-state index contributed by atoms with van der Waals surface area (Å²) >= 11 is 0. The van der Waals surface area contributed by atoms with Crippen LogP contribution in [0.15, 0.2) is 36.7 Å². The van der Waals surface area contributed by atoms with Gasteiger partial charge in [-0.1, -0.05) is 6.07 Å². The molecule has 1 aliphatic carbocycles. The maximum atomic E-state index is 9.42. The second kappa shape index (κ2) is 3.12. The maximum Gasteiger partial charge on any atom is 0.117 e. The zero-order valence-corrected chi connectivity index (χ0v) is 8.30. The fourth-order valence-corrected chi connectivity index (χ4v) is 1.82. The smallest absolute Gasteiger partial charge is 0.117 e. The quantitative estimate of drug-likeness (QED) is 0.808. The summed E-state index contributed by atoms with van der Waals surface area (Å²) < 4.78 is 2.05. The molecular formula is C12H12N2O. The zero-order chi connectivity index (χ0) is 10.3. The van der Waals surface area contributed by atoms with Crippen molar-refractivity contribution in [2.24, 2.45) is 0 Å². The van der Waals surface area contributed by atoms with E-state index in [-0.39, 0.29) is 0 Å². The Kier molecular flexibility index (Phi) is 1.78. The van der Waals surface area contributed by atoms with E-state index in [2.05, 4.69) is 9.55 Å². The molecule has 76 valence electrons. The molecule has 0 aliphatic heterocycles.